The van der Waals surface area contributed by atoms with Crippen molar-refractivity contribution in [1.82, 2.24) is 4.90 Å². The van der Waals surface area contributed by atoms with Gasteiger partial charge in [-0.3, -0.25) is 0 Å². The molecule has 0 heterocycles. The summed E-state index contributed by atoms with van der Waals surface area (Å²) >= 11 is 0. The highest BCUT2D eigenvalue weighted by Crippen LogP contribution is 2.45. The fourth-order valence-corrected chi connectivity index (χ4v) is 5.63. The lowest BCUT2D eigenvalue weighted by Gasteiger charge is -2.43. The summed E-state index contributed by atoms with van der Waals surface area (Å²) in [5.74, 6) is 3.42. The molecule has 0 aromatic heterocycles. The van der Waals surface area contributed by atoms with Crippen molar-refractivity contribution >= 4 is 5.71 Å². The predicted molar refractivity (Wildman–Crippen MR) is 108 cm³/mol. The summed E-state index contributed by atoms with van der Waals surface area (Å²) in [6.07, 6.45) is 22.8. The van der Waals surface area contributed by atoms with Crippen LogP contribution in [0.25, 0.3) is 0 Å². The van der Waals surface area contributed by atoms with E-state index in [0.717, 1.165) is 23.8 Å². The Morgan fingerprint density at radius 1 is 0.840 bits per heavy atom. The zero-order chi connectivity index (χ0) is 17.8. The highest BCUT2D eigenvalue weighted by Gasteiger charge is 2.37. The molecule has 0 amide bonds. The number of allylic oxidation sites excluding steroid dienone is 4. The average Bonchev–Trinajstić information content (AvgIpc) is 2.64. The summed E-state index contributed by atoms with van der Waals surface area (Å²) in [4.78, 5) is 2.45. The van der Waals surface area contributed by atoms with Gasteiger partial charge in [0.05, 0.1) is 0 Å². The van der Waals surface area contributed by atoms with Crippen LogP contribution in [-0.2, 0) is 0 Å². The van der Waals surface area contributed by atoms with Crippen molar-refractivity contribution in [2.75, 3.05) is 28.2 Å². The van der Waals surface area contributed by atoms with Crippen molar-refractivity contribution in [3.8, 4) is 0 Å². The van der Waals surface area contributed by atoms with Gasteiger partial charge in [-0.25, -0.2) is 4.58 Å². The molecule has 140 valence electrons. The molecule has 0 aliphatic heterocycles. The Labute approximate surface area is 155 Å². The highest BCUT2D eigenvalue weighted by atomic mass is 15.1. The molecule has 0 saturated heterocycles. The second kappa shape index (κ2) is 8.66. The molecule has 3 aliphatic carbocycles. The maximum Gasteiger partial charge on any atom is 0.198 e. The first kappa shape index (κ1) is 18.9. The summed E-state index contributed by atoms with van der Waals surface area (Å²) in [6.45, 7) is 0. The largest absolute Gasteiger partial charge is 0.306 e. The molecule has 2 nitrogen and oxygen atoms in total. The average molecular weight is 344 g/mol. The minimum Gasteiger partial charge on any atom is -0.306 e. The molecule has 0 aromatic rings. The summed E-state index contributed by atoms with van der Waals surface area (Å²) in [7, 11) is 8.81. The molecule has 25 heavy (non-hydrogen) atoms. The van der Waals surface area contributed by atoms with Crippen LogP contribution >= 0.6 is 0 Å². The van der Waals surface area contributed by atoms with Gasteiger partial charge in [0.25, 0.3) is 0 Å². The van der Waals surface area contributed by atoms with Crippen LogP contribution in [0.1, 0.15) is 57.8 Å². The lowest BCUT2D eigenvalue weighted by Crippen LogP contribution is -2.38. The third-order valence-corrected chi connectivity index (χ3v) is 7.15. The molecule has 2 saturated carbocycles. The molecule has 0 bridgehead atoms. The van der Waals surface area contributed by atoms with E-state index in [4.69, 9.17) is 0 Å². The second-order valence-electron chi connectivity index (χ2n) is 9.12. The normalized spacial score (nSPS) is 32.2. The van der Waals surface area contributed by atoms with E-state index >= 15 is 0 Å². The number of hydrogen-bond acceptors (Lipinski definition) is 1. The SMILES string of the molecule is CN(C)C1CCC(C(C2C=CC(=[N+](C)C)C=C2)C2CCCCC2)CC1. The van der Waals surface area contributed by atoms with Crippen LogP contribution in [0, 0.1) is 23.7 Å². The van der Waals surface area contributed by atoms with E-state index in [9.17, 15) is 0 Å². The van der Waals surface area contributed by atoms with E-state index in [0.29, 0.717) is 5.92 Å². The molecule has 1 unspecified atom stereocenters. The first-order chi connectivity index (χ1) is 12.1. The van der Waals surface area contributed by atoms with E-state index in [2.05, 4.69) is 62.0 Å². The van der Waals surface area contributed by atoms with Crippen molar-refractivity contribution in [2.24, 2.45) is 23.7 Å². The second-order valence-corrected chi connectivity index (χ2v) is 9.12. The third-order valence-electron chi connectivity index (χ3n) is 7.15. The van der Waals surface area contributed by atoms with Gasteiger partial charge < -0.3 is 4.90 Å². The van der Waals surface area contributed by atoms with Gasteiger partial charge >= 0.3 is 0 Å². The highest BCUT2D eigenvalue weighted by molar-refractivity contribution is 6.01. The first-order valence-corrected chi connectivity index (χ1v) is 10.6. The molecular weight excluding hydrogens is 304 g/mol. The Kier molecular flexibility index (Phi) is 6.55. The molecule has 2 fully saturated rings. The van der Waals surface area contributed by atoms with Crippen LogP contribution in [0.3, 0.4) is 0 Å². The Morgan fingerprint density at radius 2 is 1.40 bits per heavy atom. The fourth-order valence-electron chi connectivity index (χ4n) is 5.63. The van der Waals surface area contributed by atoms with Gasteiger partial charge in [-0.1, -0.05) is 44.3 Å². The van der Waals surface area contributed by atoms with Crippen LogP contribution in [-0.4, -0.2) is 49.4 Å². The summed E-state index contributed by atoms with van der Waals surface area (Å²) < 4.78 is 2.22. The molecule has 0 aromatic carbocycles. The van der Waals surface area contributed by atoms with Gasteiger partial charge in [-0.2, -0.15) is 0 Å². The number of rotatable bonds is 4. The minimum atomic E-state index is 0.660. The fraction of sp³-hybridized carbons (Fsp3) is 0.783. The maximum absolute atomic E-state index is 2.52. The van der Waals surface area contributed by atoms with E-state index in [-0.39, 0.29) is 0 Å². The van der Waals surface area contributed by atoms with Crippen LogP contribution in [0.5, 0.6) is 0 Å². The lowest BCUT2D eigenvalue weighted by molar-refractivity contribution is -0.462. The van der Waals surface area contributed by atoms with Crippen molar-refractivity contribution < 1.29 is 4.58 Å². The van der Waals surface area contributed by atoms with Crippen molar-refractivity contribution in [3.63, 3.8) is 0 Å². The van der Waals surface area contributed by atoms with Gasteiger partial charge in [0, 0.05) is 18.2 Å². The van der Waals surface area contributed by atoms with Gasteiger partial charge in [0.2, 0.25) is 0 Å². The number of hydrogen-bond donors (Lipinski definition) is 0. The summed E-state index contributed by atoms with van der Waals surface area (Å²) in [5, 5.41) is 0. The molecule has 0 N–H and O–H groups in total. The van der Waals surface area contributed by atoms with Crippen LogP contribution in [0.4, 0.5) is 0 Å². The van der Waals surface area contributed by atoms with Gasteiger partial charge in [0.15, 0.2) is 5.71 Å². The Morgan fingerprint density at radius 3 is 1.92 bits per heavy atom. The molecule has 3 rings (SSSR count). The molecule has 0 radical (unpaired) electrons. The van der Waals surface area contributed by atoms with Crippen LogP contribution < -0.4 is 0 Å². The maximum atomic E-state index is 2.52. The van der Waals surface area contributed by atoms with Gasteiger partial charge in [-0.15, -0.1) is 0 Å². The molecular formula is C23H39N2+. The van der Waals surface area contributed by atoms with E-state index in [1.807, 2.05) is 0 Å². The quantitative estimate of drug-likeness (QED) is 0.667. The van der Waals surface area contributed by atoms with Crippen LogP contribution in [0.2, 0.25) is 0 Å². The molecule has 2 heteroatoms. The Bertz CT molecular complexity index is 494. The number of nitrogens with zero attached hydrogens (tertiary/aromatic N) is 2. The summed E-state index contributed by atoms with van der Waals surface area (Å²) in [5.41, 5.74) is 1.34. The van der Waals surface area contributed by atoms with Crippen molar-refractivity contribution in [1.29, 1.82) is 0 Å². The van der Waals surface area contributed by atoms with Crippen LogP contribution in [0.15, 0.2) is 24.3 Å². The monoisotopic (exact) mass is 343 g/mol. The van der Waals surface area contributed by atoms with Gasteiger partial charge in [0.1, 0.15) is 14.1 Å². The standard InChI is InChI=1S/C23H39N2/c1-24(2)21-14-10-19(11-15-21)23(18-8-6-5-7-9-18)20-12-16-22(17-13-20)25(3)4/h10-11,14-15,18-20,22-23H,5-9,12-13,16-17H2,1-4H3/q+1. The zero-order valence-corrected chi connectivity index (χ0v) is 17.0. The minimum absolute atomic E-state index is 0.660. The lowest BCUT2D eigenvalue weighted by atomic mass is 9.63. The zero-order valence-electron chi connectivity index (χ0n) is 17.0. The Hall–Kier alpha value is -0.890. The predicted octanol–water partition coefficient (Wildman–Crippen LogP) is 4.76. The first-order valence-electron chi connectivity index (χ1n) is 10.6. The topological polar surface area (TPSA) is 6.25 Å². The third kappa shape index (κ3) is 4.64. The molecule has 0 spiro atoms. The van der Waals surface area contributed by atoms with E-state index in [1.165, 1.54) is 63.5 Å². The summed E-state index contributed by atoms with van der Waals surface area (Å²) in [6, 6.07) is 0.814. The van der Waals surface area contributed by atoms with Crippen molar-refractivity contribution in [2.45, 2.75) is 63.8 Å². The van der Waals surface area contributed by atoms with Crippen molar-refractivity contribution in [3.05, 3.63) is 24.3 Å². The Balaban J connectivity index is 1.74. The molecule has 1 atom stereocenters. The van der Waals surface area contributed by atoms with E-state index < -0.39 is 0 Å². The smallest absolute Gasteiger partial charge is 0.198 e. The van der Waals surface area contributed by atoms with E-state index in [1.54, 1.807) is 0 Å². The van der Waals surface area contributed by atoms with Gasteiger partial charge in [-0.05, 0) is 63.5 Å². The molecule has 3 aliphatic rings.